The summed E-state index contributed by atoms with van der Waals surface area (Å²) < 4.78 is 10.8. The summed E-state index contributed by atoms with van der Waals surface area (Å²) in [6.07, 6.45) is 1.38. The number of hydrogen-bond acceptors (Lipinski definition) is 3. The lowest BCUT2D eigenvalue weighted by Gasteiger charge is -2.31. The van der Waals surface area contributed by atoms with Crippen LogP contribution in [-0.4, -0.2) is 33.4 Å². The molecule has 3 nitrogen and oxygen atoms in total. The maximum atomic E-state index is 5.55. The Labute approximate surface area is 96.8 Å². The fourth-order valence-electron chi connectivity index (χ4n) is 2.32. The topological polar surface area (TPSA) is 30.5 Å². The molecule has 0 aromatic heterocycles. The van der Waals surface area contributed by atoms with Crippen LogP contribution in [-0.2, 0) is 4.74 Å². The third-order valence-electron chi connectivity index (χ3n) is 3.24. The zero-order chi connectivity index (χ0) is 11.4. The van der Waals surface area contributed by atoms with Gasteiger partial charge in [0, 0.05) is 19.6 Å². The number of benzene rings is 1. The van der Waals surface area contributed by atoms with Crippen LogP contribution in [0.5, 0.6) is 5.75 Å². The van der Waals surface area contributed by atoms with Crippen LogP contribution in [0.2, 0.25) is 0 Å². The van der Waals surface area contributed by atoms with Crippen LogP contribution in [0, 0.1) is 0 Å². The molecule has 1 aliphatic rings. The minimum atomic E-state index is 0.313. The van der Waals surface area contributed by atoms with Crippen molar-refractivity contribution >= 4 is 0 Å². The van der Waals surface area contributed by atoms with Crippen molar-refractivity contribution in [3.8, 4) is 5.75 Å². The van der Waals surface area contributed by atoms with Crippen LogP contribution in [0.4, 0.5) is 0 Å². The standard InChI is InChI=1S/C13H19NO2/c1-15-11-5-3-4-10(8-11)12-9-14-7-6-13(12)16-2/h3-5,8,12-14H,6-7,9H2,1-2H3. The Hall–Kier alpha value is -1.06. The number of hydrogen-bond donors (Lipinski definition) is 1. The molecule has 3 heteroatoms. The summed E-state index contributed by atoms with van der Waals surface area (Å²) >= 11 is 0. The molecule has 1 heterocycles. The van der Waals surface area contributed by atoms with E-state index in [1.165, 1.54) is 5.56 Å². The molecule has 0 amide bonds. The number of rotatable bonds is 3. The van der Waals surface area contributed by atoms with Gasteiger partial charge >= 0.3 is 0 Å². The van der Waals surface area contributed by atoms with E-state index in [0.29, 0.717) is 12.0 Å². The molecule has 1 aromatic carbocycles. The largest absolute Gasteiger partial charge is 0.497 e. The third kappa shape index (κ3) is 2.36. The molecule has 1 aromatic rings. The van der Waals surface area contributed by atoms with E-state index in [4.69, 9.17) is 9.47 Å². The van der Waals surface area contributed by atoms with Gasteiger partial charge < -0.3 is 14.8 Å². The minimum Gasteiger partial charge on any atom is -0.497 e. The van der Waals surface area contributed by atoms with Crippen molar-refractivity contribution in [2.45, 2.75) is 18.4 Å². The quantitative estimate of drug-likeness (QED) is 0.844. The van der Waals surface area contributed by atoms with Gasteiger partial charge in [-0.2, -0.15) is 0 Å². The van der Waals surface area contributed by atoms with E-state index in [2.05, 4.69) is 17.4 Å². The van der Waals surface area contributed by atoms with Crippen molar-refractivity contribution in [3.05, 3.63) is 29.8 Å². The van der Waals surface area contributed by atoms with Crippen LogP contribution in [0.15, 0.2) is 24.3 Å². The van der Waals surface area contributed by atoms with Gasteiger partial charge in [-0.1, -0.05) is 12.1 Å². The van der Waals surface area contributed by atoms with Crippen molar-refractivity contribution in [2.24, 2.45) is 0 Å². The molecule has 0 aliphatic carbocycles. The SMILES string of the molecule is COc1cccc(C2CNCCC2OC)c1. The molecule has 1 fully saturated rings. The predicted molar refractivity (Wildman–Crippen MR) is 64.0 cm³/mol. The second kappa shape index (κ2) is 5.32. The van der Waals surface area contributed by atoms with Crippen LogP contribution < -0.4 is 10.1 Å². The van der Waals surface area contributed by atoms with Crippen molar-refractivity contribution in [2.75, 3.05) is 27.3 Å². The zero-order valence-corrected chi connectivity index (χ0v) is 9.90. The van der Waals surface area contributed by atoms with E-state index in [0.717, 1.165) is 25.3 Å². The molecule has 2 rings (SSSR count). The molecule has 0 saturated carbocycles. The van der Waals surface area contributed by atoms with E-state index >= 15 is 0 Å². The molecule has 0 spiro atoms. The van der Waals surface area contributed by atoms with Gasteiger partial charge in [0.2, 0.25) is 0 Å². The predicted octanol–water partition coefficient (Wildman–Crippen LogP) is 1.79. The number of piperidine rings is 1. The summed E-state index contributed by atoms with van der Waals surface area (Å²) in [5, 5.41) is 3.41. The first-order valence-electron chi connectivity index (χ1n) is 5.72. The summed E-state index contributed by atoms with van der Waals surface area (Å²) in [4.78, 5) is 0. The van der Waals surface area contributed by atoms with Crippen LogP contribution in [0.3, 0.4) is 0 Å². The van der Waals surface area contributed by atoms with Crippen LogP contribution >= 0.6 is 0 Å². The molecule has 88 valence electrons. The molecule has 1 aliphatic heterocycles. The Kier molecular flexibility index (Phi) is 3.80. The first-order valence-corrected chi connectivity index (χ1v) is 5.72. The summed E-state index contributed by atoms with van der Waals surface area (Å²) in [7, 11) is 3.50. The van der Waals surface area contributed by atoms with E-state index in [1.54, 1.807) is 14.2 Å². The summed E-state index contributed by atoms with van der Waals surface area (Å²) in [6, 6.07) is 8.26. The summed E-state index contributed by atoms with van der Waals surface area (Å²) in [5.74, 6) is 1.34. The van der Waals surface area contributed by atoms with Gasteiger partial charge in [-0.15, -0.1) is 0 Å². The lowest BCUT2D eigenvalue weighted by Crippen LogP contribution is -2.39. The highest BCUT2D eigenvalue weighted by molar-refractivity contribution is 5.32. The van der Waals surface area contributed by atoms with Gasteiger partial charge in [-0.25, -0.2) is 0 Å². The molecular formula is C13H19NO2. The van der Waals surface area contributed by atoms with Crippen LogP contribution in [0.1, 0.15) is 17.9 Å². The Morgan fingerprint density at radius 2 is 2.19 bits per heavy atom. The number of methoxy groups -OCH3 is 2. The van der Waals surface area contributed by atoms with Gasteiger partial charge in [0.25, 0.3) is 0 Å². The Morgan fingerprint density at radius 1 is 1.31 bits per heavy atom. The molecule has 2 unspecified atom stereocenters. The highest BCUT2D eigenvalue weighted by Gasteiger charge is 2.26. The van der Waals surface area contributed by atoms with Gasteiger partial charge in [-0.3, -0.25) is 0 Å². The van der Waals surface area contributed by atoms with E-state index in [1.807, 2.05) is 12.1 Å². The minimum absolute atomic E-state index is 0.313. The maximum absolute atomic E-state index is 5.55. The van der Waals surface area contributed by atoms with Crippen molar-refractivity contribution in [1.29, 1.82) is 0 Å². The Balaban J connectivity index is 2.20. The van der Waals surface area contributed by atoms with Crippen LogP contribution in [0.25, 0.3) is 0 Å². The zero-order valence-electron chi connectivity index (χ0n) is 9.90. The van der Waals surface area contributed by atoms with Crippen molar-refractivity contribution in [3.63, 3.8) is 0 Å². The molecular weight excluding hydrogens is 202 g/mol. The van der Waals surface area contributed by atoms with E-state index in [9.17, 15) is 0 Å². The average molecular weight is 221 g/mol. The molecule has 1 N–H and O–H groups in total. The molecule has 1 saturated heterocycles. The first kappa shape index (κ1) is 11.4. The first-order chi connectivity index (χ1) is 7.85. The highest BCUT2D eigenvalue weighted by Crippen LogP contribution is 2.28. The van der Waals surface area contributed by atoms with Gasteiger partial charge in [0.15, 0.2) is 0 Å². The van der Waals surface area contributed by atoms with Crippen molar-refractivity contribution in [1.82, 2.24) is 5.32 Å². The molecule has 0 bridgehead atoms. The maximum Gasteiger partial charge on any atom is 0.119 e. The summed E-state index contributed by atoms with van der Waals surface area (Å²) in [6.45, 7) is 2.02. The molecule has 2 atom stereocenters. The van der Waals surface area contributed by atoms with Gasteiger partial charge in [0.05, 0.1) is 13.2 Å². The lowest BCUT2D eigenvalue weighted by molar-refractivity contribution is 0.0585. The van der Waals surface area contributed by atoms with E-state index < -0.39 is 0 Å². The second-order valence-corrected chi connectivity index (χ2v) is 4.15. The fraction of sp³-hybridized carbons (Fsp3) is 0.538. The second-order valence-electron chi connectivity index (χ2n) is 4.15. The highest BCUT2D eigenvalue weighted by atomic mass is 16.5. The summed E-state index contributed by atoms with van der Waals surface area (Å²) in [5.41, 5.74) is 1.29. The number of ether oxygens (including phenoxy) is 2. The molecule has 0 radical (unpaired) electrons. The van der Waals surface area contributed by atoms with Gasteiger partial charge in [0.1, 0.15) is 5.75 Å². The average Bonchev–Trinajstić information content (AvgIpc) is 2.38. The van der Waals surface area contributed by atoms with E-state index in [-0.39, 0.29) is 0 Å². The Bertz CT molecular complexity index is 340. The Morgan fingerprint density at radius 3 is 2.94 bits per heavy atom. The normalized spacial score (nSPS) is 25.4. The van der Waals surface area contributed by atoms with Gasteiger partial charge in [-0.05, 0) is 30.7 Å². The fourth-order valence-corrected chi connectivity index (χ4v) is 2.32. The van der Waals surface area contributed by atoms with Crippen molar-refractivity contribution < 1.29 is 9.47 Å². The lowest BCUT2D eigenvalue weighted by atomic mass is 9.89. The number of nitrogens with one attached hydrogen (secondary N) is 1. The molecule has 16 heavy (non-hydrogen) atoms. The monoisotopic (exact) mass is 221 g/mol. The third-order valence-corrected chi connectivity index (χ3v) is 3.24. The smallest absolute Gasteiger partial charge is 0.119 e.